The van der Waals surface area contributed by atoms with E-state index in [1.807, 2.05) is 20.8 Å². The van der Waals surface area contributed by atoms with E-state index in [1.54, 1.807) is 13.8 Å². The standard InChI is InChI=1S/C16H23N3O2/c1-9-6-10(2)13(11(3)7-9)12(17)8-19-14(20)16(4,5)18-15(19)21/h6-7,12H,8,17H2,1-5H3,(H,18,21). The molecule has 0 saturated carbocycles. The summed E-state index contributed by atoms with van der Waals surface area (Å²) in [6, 6.07) is 3.38. The Kier molecular flexibility index (Phi) is 3.80. The van der Waals surface area contributed by atoms with Gasteiger partial charge in [0.2, 0.25) is 0 Å². The molecular weight excluding hydrogens is 266 g/mol. The molecule has 1 fully saturated rings. The second-order valence-corrected chi connectivity index (χ2v) is 6.39. The van der Waals surface area contributed by atoms with Crippen LogP contribution < -0.4 is 11.1 Å². The van der Waals surface area contributed by atoms with E-state index in [4.69, 9.17) is 5.73 Å². The van der Waals surface area contributed by atoms with Gasteiger partial charge in [0.05, 0.1) is 0 Å². The zero-order valence-corrected chi connectivity index (χ0v) is 13.3. The van der Waals surface area contributed by atoms with E-state index in [0.717, 1.165) is 16.7 Å². The zero-order valence-electron chi connectivity index (χ0n) is 13.3. The van der Waals surface area contributed by atoms with Crippen molar-refractivity contribution >= 4 is 11.9 Å². The third-order valence-corrected chi connectivity index (χ3v) is 3.93. The van der Waals surface area contributed by atoms with Crippen LogP contribution in [0.3, 0.4) is 0 Å². The first-order valence-corrected chi connectivity index (χ1v) is 7.11. The first-order valence-electron chi connectivity index (χ1n) is 7.11. The van der Waals surface area contributed by atoms with E-state index in [-0.39, 0.29) is 24.5 Å². The second-order valence-electron chi connectivity index (χ2n) is 6.39. The lowest BCUT2D eigenvalue weighted by atomic mass is 9.94. The Labute approximate surface area is 125 Å². The molecule has 1 aliphatic rings. The number of hydrogen-bond acceptors (Lipinski definition) is 3. The van der Waals surface area contributed by atoms with Crippen molar-refractivity contribution in [2.45, 2.75) is 46.2 Å². The molecule has 1 heterocycles. The van der Waals surface area contributed by atoms with Gasteiger partial charge in [0, 0.05) is 12.6 Å². The average Bonchev–Trinajstić information content (AvgIpc) is 2.50. The van der Waals surface area contributed by atoms with Crippen molar-refractivity contribution in [2.75, 3.05) is 6.54 Å². The summed E-state index contributed by atoms with van der Waals surface area (Å²) in [4.78, 5) is 25.4. The maximum atomic E-state index is 12.2. The van der Waals surface area contributed by atoms with Crippen LogP contribution in [0.4, 0.5) is 4.79 Å². The largest absolute Gasteiger partial charge is 0.325 e. The number of urea groups is 1. The maximum absolute atomic E-state index is 12.2. The highest BCUT2D eigenvalue weighted by atomic mass is 16.2. The summed E-state index contributed by atoms with van der Waals surface area (Å²) in [5, 5.41) is 2.67. The van der Waals surface area contributed by atoms with Crippen LogP contribution >= 0.6 is 0 Å². The molecule has 1 aromatic rings. The predicted octanol–water partition coefficient (Wildman–Crippen LogP) is 1.94. The Bertz CT molecular complexity index is 585. The summed E-state index contributed by atoms with van der Waals surface area (Å²) in [7, 11) is 0. The zero-order chi connectivity index (χ0) is 15.9. The molecule has 0 spiro atoms. The highest BCUT2D eigenvalue weighted by molar-refractivity contribution is 6.06. The normalized spacial score (nSPS) is 18.9. The van der Waals surface area contributed by atoms with Crippen molar-refractivity contribution in [3.8, 4) is 0 Å². The smallest absolute Gasteiger partial charge is 0.324 e. The number of aryl methyl sites for hydroxylation is 3. The molecule has 1 unspecified atom stereocenters. The third kappa shape index (κ3) is 2.78. The van der Waals surface area contributed by atoms with Gasteiger partial charge in [-0.25, -0.2) is 4.79 Å². The first-order chi connectivity index (χ1) is 9.63. The van der Waals surface area contributed by atoms with Crippen molar-refractivity contribution in [1.82, 2.24) is 10.2 Å². The Balaban J connectivity index is 2.25. The molecule has 0 aliphatic carbocycles. The van der Waals surface area contributed by atoms with Gasteiger partial charge in [-0.3, -0.25) is 9.69 Å². The monoisotopic (exact) mass is 289 g/mol. The van der Waals surface area contributed by atoms with E-state index in [0.29, 0.717) is 0 Å². The first kappa shape index (κ1) is 15.5. The summed E-state index contributed by atoms with van der Waals surface area (Å²) in [5.74, 6) is -0.231. The van der Waals surface area contributed by atoms with Crippen LogP contribution in [0.5, 0.6) is 0 Å². The molecule has 0 bridgehead atoms. The third-order valence-electron chi connectivity index (χ3n) is 3.93. The molecule has 5 heteroatoms. The van der Waals surface area contributed by atoms with Gasteiger partial charge in [-0.15, -0.1) is 0 Å². The molecule has 2 rings (SSSR count). The van der Waals surface area contributed by atoms with Crippen molar-refractivity contribution < 1.29 is 9.59 Å². The highest BCUT2D eigenvalue weighted by Crippen LogP contribution is 2.25. The second kappa shape index (κ2) is 5.15. The Morgan fingerprint density at radius 3 is 2.14 bits per heavy atom. The molecule has 114 valence electrons. The van der Waals surface area contributed by atoms with Crippen LogP contribution in [0.1, 0.15) is 42.1 Å². The Morgan fingerprint density at radius 1 is 1.19 bits per heavy atom. The van der Waals surface area contributed by atoms with Gasteiger partial charge in [-0.05, 0) is 51.3 Å². The fraction of sp³-hybridized carbons (Fsp3) is 0.500. The molecule has 0 aromatic heterocycles. The van der Waals surface area contributed by atoms with Crippen LogP contribution in [-0.2, 0) is 4.79 Å². The van der Waals surface area contributed by atoms with Crippen molar-refractivity contribution in [3.05, 3.63) is 34.4 Å². The van der Waals surface area contributed by atoms with Gasteiger partial charge in [0.1, 0.15) is 5.54 Å². The molecule has 1 atom stereocenters. The molecule has 3 amide bonds. The number of carbonyl (C=O) groups is 2. The average molecular weight is 289 g/mol. The van der Waals surface area contributed by atoms with Crippen LogP contribution in [0.25, 0.3) is 0 Å². The number of amides is 3. The van der Waals surface area contributed by atoms with Gasteiger partial charge < -0.3 is 11.1 Å². The fourth-order valence-corrected chi connectivity index (χ4v) is 3.05. The maximum Gasteiger partial charge on any atom is 0.325 e. The van der Waals surface area contributed by atoms with Crippen molar-refractivity contribution in [2.24, 2.45) is 5.73 Å². The van der Waals surface area contributed by atoms with Gasteiger partial charge in [0.25, 0.3) is 5.91 Å². The lowest BCUT2D eigenvalue weighted by Crippen LogP contribution is -2.41. The van der Waals surface area contributed by atoms with Crippen LogP contribution in [-0.4, -0.2) is 28.9 Å². The summed E-state index contributed by atoms with van der Waals surface area (Å²) < 4.78 is 0. The van der Waals surface area contributed by atoms with Crippen LogP contribution in [0, 0.1) is 20.8 Å². The predicted molar refractivity (Wildman–Crippen MR) is 81.9 cm³/mol. The Hall–Kier alpha value is -1.88. The number of benzene rings is 1. The van der Waals surface area contributed by atoms with Gasteiger partial charge >= 0.3 is 6.03 Å². The number of imide groups is 1. The fourth-order valence-electron chi connectivity index (χ4n) is 3.05. The number of nitrogens with two attached hydrogens (primary N) is 1. The lowest BCUT2D eigenvalue weighted by molar-refractivity contribution is -0.130. The number of rotatable bonds is 3. The number of nitrogens with one attached hydrogen (secondary N) is 1. The topological polar surface area (TPSA) is 75.4 Å². The molecule has 1 aliphatic heterocycles. The molecule has 1 saturated heterocycles. The summed E-state index contributed by atoms with van der Waals surface area (Å²) >= 11 is 0. The highest BCUT2D eigenvalue weighted by Gasteiger charge is 2.44. The lowest BCUT2D eigenvalue weighted by Gasteiger charge is -2.23. The summed E-state index contributed by atoms with van der Waals surface area (Å²) in [6.45, 7) is 9.63. The van der Waals surface area contributed by atoms with E-state index in [2.05, 4.69) is 17.4 Å². The van der Waals surface area contributed by atoms with Crippen LogP contribution in [0.15, 0.2) is 12.1 Å². The van der Waals surface area contributed by atoms with E-state index in [9.17, 15) is 9.59 Å². The van der Waals surface area contributed by atoms with Gasteiger partial charge in [-0.1, -0.05) is 17.7 Å². The minimum absolute atomic E-state index is 0.193. The van der Waals surface area contributed by atoms with Gasteiger partial charge in [0.15, 0.2) is 0 Å². The number of nitrogens with zero attached hydrogens (tertiary/aromatic N) is 1. The SMILES string of the molecule is Cc1cc(C)c(C(N)CN2C(=O)NC(C)(C)C2=O)c(C)c1. The van der Waals surface area contributed by atoms with Crippen molar-refractivity contribution in [1.29, 1.82) is 0 Å². The quantitative estimate of drug-likeness (QED) is 0.835. The summed E-state index contributed by atoms with van der Waals surface area (Å²) in [6.07, 6.45) is 0. The summed E-state index contributed by atoms with van der Waals surface area (Å²) in [5.41, 5.74) is 9.77. The Morgan fingerprint density at radius 2 is 1.71 bits per heavy atom. The molecule has 3 N–H and O–H groups in total. The van der Waals surface area contributed by atoms with E-state index in [1.165, 1.54) is 10.5 Å². The molecular formula is C16H23N3O2. The van der Waals surface area contributed by atoms with Crippen LogP contribution in [0.2, 0.25) is 0 Å². The van der Waals surface area contributed by atoms with Crippen molar-refractivity contribution in [3.63, 3.8) is 0 Å². The number of hydrogen-bond donors (Lipinski definition) is 2. The van der Waals surface area contributed by atoms with E-state index < -0.39 is 5.54 Å². The minimum atomic E-state index is -0.853. The molecule has 1 aromatic carbocycles. The molecule has 0 radical (unpaired) electrons. The van der Waals surface area contributed by atoms with E-state index >= 15 is 0 Å². The van der Waals surface area contributed by atoms with Gasteiger partial charge in [-0.2, -0.15) is 0 Å². The number of carbonyl (C=O) groups excluding carboxylic acids is 2. The molecule has 21 heavy (non-hydrogen) atoms. The minimum Gasteiger partial charge on any atom is -0.324 e. The molecule has 5 nitrogen and oxygen atoms in total.